The summed E-state index contributed by atoms with van der Waals surface area (Å²) < 4.78 is 32.0. The number of halogens is 1. The topological polar surface area (TPSA) is 96.0 Å². The van der Waals surface area contributed by atoms with E-state index in [4.69, 9.17) is 16.3 Å². The molecule has 1 N–H and O–H groups in total. The molecule has 3 rings (SSSR count). The van der Waals surface area contributed by atoms with Gasteiger partial charge in [-0.05, 0) is 41.8 Å². The van der Waals surface area contributed by atoms with Crippen molar-refractivity contribution < 1.29 is 22.7 Å². The minimum atomic E-state index is -3.86. The van der Waals surface area contributed by atoms with Crippen LogP contribution in [0.1, 0.15) is 24.5 Å². The van der Waals surface area contributed by atoms with Crippen LogP contribution in [0.5, 0.6) is 5.75 Å². The van der Waals surface area contributed by atoms with E-state index in [9.17, 15) is 18.0 Å². The highest BCUT2D eigenvalue weighted by Crippen LogP contribution is 2.24. The van der Waals surface area contributed by atoms with Gasteiger partial charge in [-0.15, -0.1) is 0 Å². The molecule has 0 heterocycles. The van der Waals surface area contributed by atoms with Gasteiger partial charge < -0.3 is 15.0 Å². The molecule has 0 radical (unpaired) electrons. The quantitative estimate of drug-likeness (QED) is 0.330. The van der Waals surface area contributed by atoms with Crippen molar-refractivity contribution in [2.75, 3.05) is 30.8 Å². The lowest BCUT2D eigenvalue weighted by Gasteiger charge is -2.33. The van der Waals surface area contributed by atoms with Crippen LogP contribution in [0.15, 0.2) is 78.9 Å². The van der Waals surface area contributed by atoms with E-state index in [0.717, 1.165) is 28.1 Å². The van der Waals surface area contributed by atoms with Crippen molar-refractivity contribution in [1.29, 1.82) is 0 Å². The van der Waals surface area contributed by atoms with Gasteiger partial charge in [0.05, 0.1) is 19.1 Å². The molecule has 0 aliphatic heterocycles. The smallest absolute Gasteiger partial charge is 0.244 e. The van der Waals surface area contributed by atoms with Crippen LogP contribution in [0.4, 0.5) is 5.69 Å². The molecule has 0 aromatic heterocycles. The van der Waals surface area contributed by atoms with Crippen LogP contribution in [0.25, 0.3) is 0 Å². The molecule has 1 atom stereocenters. The van der Waals surface area contributed by atoms with E-state index < -0.39 is 28.5 Å². The van der Waals surface area contributed by atoms with E-state index in [2.05, 4.69) is 5.32 Å². The average molecular weight is 572 g/mol. The minimum absolute atomic E-state index is 0.0861. The SMILES string of the molecule is CCCNC(=O)[C@@H](Cc1ccccc1)N(Cc1ccc(Cl)cc1)C(=O)CN(c1cccc(OC)c1)S(C)(=O)=O. The Hall–Kier alpha value is -3.56. The number of carbonyl (C=O) groups excluding carboxylic acids is 2. The Morgan fingerprint density at radius 3 is 2.28 bits per heavy atom. The number of rotatable bonds is 13. The van der Waals surface area contributed by atoms with Crippen LogP contribution in [-0.4, -0.2) is 57.6 Å². The first-order chi connectivity index (χ1) is 18.6. The predicted octanol–water partition coefficient (Wildman–Crippen LogP) is 4.28. The molecule has 0 aliphatic rings. The molecule has 0 aliphatic carbocycles. The van der Waals surface area contributed by atoms with Crippen molar-refractivity contribution in [2.24, 2.45) is 0 Å². The Morgan fingerprint density at radius 1 is 0.974 bits per heavy atom. The summed E-state index contributed by atoms with van der Waals surface area (Å²) in [7, 11) is -2.38. The van der Waals surface area contributed by atoms with E-state index in [1.165, 1.54) is 12.0 Å². The Labute approximate surface area is 235 Å². The first kappa shape index (κ1) is 30.0. The largest absolute Gasteiger partial charge is 0.497 e. The fourth-order valence-corrected chi connectivity index (χ4v) is 5.05. The monoisotopic (exact) mass is 571 g/mol. The molecule has 0 unspecified atom stereocenters. The summed E-state index contributed by atoms with van der Waals surface area (Å²) in [5, 5.41) is 3.45. The predicted molar refractivity (Wildman–Crippen MR) is 154 cm³/mol. The van der Waals surface area contributed by atoms with Gasteiger partial charge in [0.2, 0.25) is 21.8 Å². The zero-order valence-corrected chi connectivity index (χ0v) is 23.9. The highest BCUT2D eigenvalue weighted by molar-refractivity contribution is 7.92. The fraction of sp³-hybridized carbons (Fsp3) is 0.310. The van der Waals surface area contributed by atoms with Gasteiger partial charge in [0.1, 0.15) is 18.3 Å². The van der Waals surface area contributed by atoms with Crippen LogP contribution >= 0.6 is 11.6 Å². The lowest BCUT2D eigenvalue weighted by atomic mass is 10.0. The zero-order valence-electron chi connectivity index (χ0n) is 22.3. The molecule has 3 aromatic rings. The van der Waals surface area contributed by atoms with Crippen molar-refractivity contribution in [2.45, 2.75) is 32.4 Å². The number of amides is 2. The third kappa shape index (κ3) is 8.73. The Balaban J connectivity index is 2.04. The molecule has 10 heteroatoms. The normalized spacial score (nSPS) is 11.9. The van der Waals surface area contributed by atoms with Gasteiger partial charge in [0.15, 0.2) is 0 Å². The third-order valence-electron chi connectivity index (χ3n) is 6.11. The summed E-state index contributed by atoms with van der Waals surface area (Å²) in [6.45, 7) is 1.99. The van der Waals surface area contributed by atoms with Crippen molar-refractivity contribution >= 4 is 39.1 Å². The van der Waals surface area contributed by atoms with E-state index in [-0.39, 0.29) is 24.6 Å². The number of ether oxygens (including phenoxy) is 1. The van der Waals surface area contributed by atoms with Gasteiger partial charge in [0, 0.05) is 30.6 Å². The van der Waals surface area contributed by atoms with E-state index >= 15 is 0 Å². The fourth-order valence-electron chi connectivity index (χ4n) is 4.09. The Kier molecular flexibility index (Phi) is 10.8. The minimum Gasteiger partial charge on any atom is -0.497 e. The molecule has 208 valence electrons. The Bertz CT molecular complexity index is 1350. The van der Waals surface area contributed by atoms with Crippen LogP contribution in [0.2, 0.25) is 5.02 Å². The highest BCUT2D eigenvalue weighted by atomic mass is 35.5. The van der Waals surface area contributed by atoms with Gasteiger partial charge >= 0.3 is 0 Å². The van der Waals surface area contributed by atoms with Crippen molar-refractivity contribution in [3.63, 3.8) is 0 Å². The molecule has 0 spiro atoms. The number of benzene rings is 3. The summed E-state index contributed by atoms with van der Waals surface area (Å²) in [6, 6.07) is 22.0. The van der Waals surface area contributed by atoms with Gasteiger partial charge in [0.25, 0.3) is 0 Å². The number of nitrogens with one attached hydrogen (secondary N) is 1. The molecule has 3 aromatic carbocycles. The van der Waals surface area contributed by atoms with E-state index in [1.54, 1.807) is 48.5 Å². The molecule has 0 saturated carbocycles. The maximum absolute atomic E-state index is 14.0. The molecular formula is C29H34ClN3O5S. The van der Waals surface area contributed by atoms with Crippen molar-refractivity contribution in [3.05, 3.63) is 95.0 Å². The van der Waals surface area contributed by atoms with Crippen LogP contribution < -0.4 is 14.4 Å². The van der Waals surface area contributed by atoms with Crippen molar-refractivity contribution in [3.8, 4) is 5.75 Å². The van der Waals surface area contributed by atoms with E-state index in [0.29, 0.717) is 17.3 Å². The molecule has 2 amide bonds. The number of nitrogens with zero attached hydrogens (tertiary/aromatic N) is 2. The summed E-state index contributed by atoms with van der Waals surface area (Å²) in [4.78, 5) is 28.9. The van der Waals surface area contributed by atoms with Crippen LogP contribution in [0, 0.1) is 0 Å². The summed E-state index contributed by atoms with van der Waals surface area (Å²) >= 11 is 6.07. The molecule has 8 nitrogen and oxygen atoms in total. The van der Waals surface area contributed by atoms with Gasteiger partial charge in [-0.1, -0.05) is 67.1 Å². The highest BCUT2D eigenvalue weighted by Gasteiger charge is 2.33. The first-order valence-electron chi connectivity index (χ1n) is 12.6. The van der Waals surface area contributed by atoms with Crippen LogP contribution in [-0.2, 0) is 32.6 Å². The number of carbonyl (C=O) groups is 2. The second kappa shape index (κ2) is 14.0. The standard InChI is InChI=1S/C29H34ClN3O5S/c1-4-17-31-29(35)27(18-22-9-6-5-7-10-22)32(20-23-13-15-24(30)16-14-23)28(34)21-33(39(3,36)37)25-11-8-12-26(19-25)38-2/h5-16,19,27H,4,17-18,20-21H2,1-3H3,(H,31,35)/t27-/m1/s1. The number of hydrogen-bond acceptors (Lipinski definition) is 5. The molecule has 0 bridgehead atoms. The molecule has 39 heavy (non-hydrogen) atoms. The summed E-state index contributed by atoms with van der Waals surface area (Å²) in [5.41, 5.74) is 1.91. The van der Waals surface area contributed by atoms with Gasteiger partial charge in [-0.3, -0.25) is 13.9 Å². The van der Waals surface area contributed by atoms with Crippen LogP contribution in [0.3, 0.4) is 0 Å². The first-order valence-corrected chi connectivity index (χ1v) is 14.8. The maximum Gasteiger partial charge on any atom is 0.244 e. The molecule has 0 saturated heterocycles. The van der Waals surface area contributed by atoms with Crippen molar-refractivity contribution in [1.82, 2.24) is 10.2 Å². The second-order valence-electron chi connectivity index (χ2n) is 9.12. The Morgan fingerprint density at radius 2 is 1.67 bits per heavy atom. The second-order valence-corrected chi connectivity index (χ2v) is 11.5. The van der Waals surface area contributed by atoms with Gasteiger partial charge in [-0.2, -0.15) is 0 Å². The maximum atomic E-state index is 14.0. The third-order valence-corrected chi connectivity index (χ3v) is 7.50. The van der Waals surface area contributed by atoms with Gasteiger partial charge in [-0.25, -0.2) is 8.42 Å². The molecular weight excluding hydrogens is 538 g/mol. The number of methoxy groups -OCH3 is 1. The number of anilines is 1. The zero-order chi connectivity index (χ0) is 28.4. The summed E-state index contributed by atoms with van der Waals surface area (Å²) in [6.07, 6.45) is 2.03. The number of hydrogen-bond donors (Lipinski definition) is 1. The average Bonchev–Trinajstić information content (AvgIpc) is 2.93. The lowest BCUT2D eigenvalue weighted by Crippen LogP contribution is -2.53. The lowest BCUT2D eigenvalue weighted by molar-refractivity contribution is -0.140. The molecule has 0 fully saturated rings. The number of sulfonamides is 1. The van der Waals surface area contributed by atoms with E-state index in [1.807, 2.05) is 37.3 Å². The summed E-state index contributed by atoms with van der Waals surface area (Å²) in [5.74, 6) is -0.381.